The number of rotatable bonds is 2. The summed E-state index contributed by atoms with van der Waals surface area (Å²) in [5.41, 5.74) is 8.97. The minimum absolute atomic E-state index is 0.0195. The fourth-order valence-corrected chi connectivity index (χ4v) is 4.81. The molecule has 2 aromatic carbocycles. The lowest BCUT2D eigenvalue weighted by molar-refractivity contribution is 0.181. The summed E-state index contributed by atoms with van der Waals surface area (Å²) in [4.78, 5) is 4.94. The highest BCUT2D eigenvalue weighted by atomic mass is 16.5. The quantitative estimate of drug-likeness (QED) is 0.729. The molecule has 0 radical (unpaired) electrons. The topological polar surface area (TPSA) is 15.7 Å². The van der Waals surface area contributed by atoms with Crippen LogP contribution in [0.3, 0.4) is 0 Å². The SMILES string of the molecule is COc1c(C)c(C)cc(N2C=C3c4ccccc4C(C)(C)N3[C@@H]2C)c1C. The first-order valence-corrected chi connectivity index (χ1v) is 9.33. The van der Waals surface area contributed by atoms with Crippen molar-refractivity contribution in [1.29, 1.82) is 0 Å². The van der Waals surface area contributed by atoms with Crippen molar-refractivity contribution >= 4 is 11.4 Å². The first-order chi connectivity index (χ1) is 12.3. The molecular weight excluding hydrogens is 320 g/mol. The molecule has 0 N–H and O–H groups in total. The van der Waals surface area contributed by atoms with Gasteiger partial charge in [0.25, 0.3) is 0 Å². The Labute approximate surface area is 156 Å². The van der Waals surface area contributed by atoms with Crippen LogP contribution in [-0.2, 0) is 5.54 Å². The average molecular weight is 348 g/mol. The van der Waals surface area contributed by atoms with Gasteiger partial charge in [0.05, 0.1) is 18.3 Å². The number of anilines is 1. The number of benzene rings is 2. The van der Waals surface area contributed by atoms with Crippen molar-refractivity contribution in [1.82, 2.24) is 4.90 Å². The molecule has 0 saturated carbocycles. The van der Waals surface area contributed by atoms with Crippen molar-refractivity contribution < 1.29 is 4.74 Å². The van der Waals surface area contributed by atoms with Gasteiger partial charge in [-0.1, -0.05) is 24.3 Å². The van der Waals surface area contributed by atoms with Gasteiger partial charge in [-0.25, -0.2) is 0 Å². The van der Waals surface area contributed by atoms with Gasteiger partial charge in [0.1, 0.15) is 11.9 Å². The molecule has 0 aromatic heterocycles. The average Bonchev–Trinajstić information content (AvgIpc) is 3.06. The van der Waals surface area contributed by atoms with Crippen molar-refractivity contribution in [2.45, 2.75) is 53.2 Å². The highest BCUT2D eigenvalue weighted by Crippen LogP contribution is 2.51. The molecule has 2 aliphatic heterocycles. The van der Waals surface area contributed by atoms with Gasteiger partial charge in [0.2, 0.25) is 0 Å². The highest BCUT2D eigenvalue weighted by Gasteiger charge is 2.47. The van der Waals surface area contributed by atoms with Crippen molar-refractivity contribution in [2.75, 3.05) is 12.0 Å². The second-order valence-electron chi connectivity index (χ2n) is 8.02. The minimum Gasteiger partial charge on any atom is -0.496 e. The second kappa shape index (κ2) is 5.54. The molecule has 2 aromatic rings. The monoisotopic (exact) mass is 348 g/mol. The molecule has 0 amide bonds. The highest BCUT2D eigenvalue weighted by molar-refractivity contribution is 5.80. The van der Waals surface area contributed by atoms with Crippen molar-refractivity contribution in [2.24, 2.45) is 0 Å². The van der Waals surface area contributed by atoms with Gasteiger partial charge in [-0.15, -0.1) is 0 Å². The number of methoxy groups -OCH3 is 1. The minimum atomic E-state index is -0.0195. The van der Waals surface area contributed by atoms with Crippen LogP contribution in [-0.4, -0.2) is 18.2 Å². The molecule has 0 bridgehead atoms. The maximum Gasteiger partial charge on any atom is 0.127 e. The van der Waals surface area contributed by atoms with Crippen LogP contribution < -0.4 is 9.64 Å². The van der Waals surface area contributed by atoms with Gasteiger partial charge >= 0.3 is 0 Å². The van der Waals surface area contributed by atoms with Gasteiger partial charge in [0, 0.05) is 23.0 Å². The Bertz CT molecular complexity index is 926. The molecular formula is C23H28N2O. The number of hydrogen-bond acceptors (Lipinski definition) is 3. The number of hydrogen-bond donors (Lipinski definition) is 0. The molecule has 1 atom stereocenters. The summed E-state index contributed by atoms with van der Waals surface area (Å²) in [6.07, 6.45) is 2.56. The summed E-state index contributed by atoms with van der Waals surface area (Å²) in [5, 5.41) is 0. The Hall–Kier alpha value is -2.42. The third kappa shape index (κ3) is 2.06. The van der Waals surface area contributed by atoms with E-state index in [1.54, 1.807) is 7.11 Å². The molecule has 0 unspecified atom stereocenters. The van der Waals surface area contributed by atoms with Crippen molar-refractivity contribution in [3.63, 3.8) is 0 Å². The third-order valence-corrected chi connectivity index (χ3v) is 6.25. The van der Waals surface area contributed by atoms with Gasteiger partial charge in [0.15, 0.2) is 0 Å². The van der Waals surface area contributed by atoms with E-state index in [2.05, 4.69) is 87.9 Å². The fraction of sp³-hybridized carbons (Fsp3) is 0.391. The lowest BCUT2D eigenvalue weighted by Gasteiger charge is -2.39. The number of fused-ring (bicyclic) bond motifs is 3. The van der Waals surface area contributed by atoms with Gasteiger partial charge < -0.3 is 14.5 Å². The van der Waals surface area contributed by atoms with Crippen molar-refractivity contribution in [3.8, 4) is 5.75 Å². The summed E-state index contributed by atoms with van der Waals surface area (Å²) in [7, 11) is 1.77. The Kier molecular flexibility index (Phi) is 3.62. The zero-order valence-electron chi connectivity index (χ0n) is 16.8. The predicted octanol–water partition coefficient (Wildman–Crippen LogP) is 5.34. The maximum absolute atomic E-state index is 5.72. The normalized spacial score (nSPS) is 20.1. The van der Waals surface area contributed by atoms with E-state index in [1.807, 2.05) is 0 Å². The smallest absolute Gasteiger partial charge is 0.127 e. The molecule has 3 nitrogen and oxygen atoms in total. The van der Waals surface area contributed by atoms with Crippen LogP contribution in [0.15, 0.2) is 36.5 Å². The van der Waals surface area contributed by atoms with Crippen LogP contribution in [0, 0.1) is 20.8 Å². The molecule has 3 heteroatoms. The summed E-state index contributed by atoms with van der Waals surface area (Å²) in [6, 6.07) is 11.1. The Morgan fingerprint density at radius 3 is 2.42 bits per heavy atom. The van der Waals surface area contributed by atoms with E-state index >= 15 is 0 Å². The Balaban J connectivity index is 1.89. The van der Waals surface area contributed by atoms with Crippen LogP contribution in [0.2, 0.25) is 0 Å². The molecule has 2 aliphatic rings. The fourth-order valence-electron chi connectivity index (χ4n) is 4.81. The van der Waals surface area contributed by atoms with E-state index in [1.165, 1.54) is 39.2 Å². The number of nitrogens with zero attached hydrogens (tertiary/aromatic N) is 2. The molecule has 4 rings (SSSR count). The summed E-state index contributed by atoms with van der Waals surface area (Å²) >= 11 is 0. The molecule has 0 aliphatic carbocycles. The molecule has 0 saturated heterocycles. The molecule has 0 fully saturated rings. The first-order valence-electron chi connectivity index (χ1n) is 9.33. The van der Waals surface area contributed by atoms with Crippen LogP contribution >= 0.6 is 0 Å². The van der Waals surface area contributed by atoms with E-state index in [-0.39, 0.29) is 11.7 Å². The van der Waals surface area contributed by atoms with E-state index in [0.29, 0.717) is 0 Å². The van der Waals surface area contributed by atoms with Gasteiger partial charge in [-0.2, -0.15) is 0 Å². The zero-order valence-corrected chi connectivity index (χ0v) is 16.8. The first kappa shape index (κ1) is 17.0. The van der Waals surface area contributed by atoms with Gasteiger partial charge in [-0.3, -0.25) is 0 Å². The lowest BCUT2D eigenvalue weighted by Crippen LogP contribution is -2.44. The van der Waals surface area contributed by atoms with Crippen LogP contribution in [0.1, 0.15) is 48.6 Å². The maximum atomic E-state index is 5.72. The zero-order chi connectivity index (χ0) is 18.8. The van der Waals surface area contributed by atoms with Crippen molar-refractivity contribution in [3.05, 3.63) is 64.3 Å². The van der Waals surface area contributed by atoms with E-state index in [0.717, 1.165) is 5.75 Å². The molecule has 2 heterocycles. The van der Waals surface area contributed by atoms with Crippen LogP contribution in [0.25, 0.3) is 5.70 Å². The number of aryl methyl sites for hydroxylation is 1. The largest absolute Gasteiger partial charge is 0.496 e. The van der Waals surface area contributed by atoms with Crippen LogP contribution in [0.5, 0.6) is 5.75 Å². The summed E-state index contributed by atoms with van der Waals surface area (Å²) < 4.78 is 5.72. The molecule has 0 spiro atoms. The van der Waals surface area contributed by atoms with E-state index in [4.69, 9.17) is 4.74 Å². The standard InChI is InChI=1S/C23H28N2O/c1-14-12-20(16(3)22(26-7)15(14)2)24-13-21-18-10-8-9-11-19(18)23(5,6)25(21)17(24)4/h8-13,17H,1-7H3/t17-/m1/s1. The molecule has 26 heavy (non-hydrogen) atoms. The van der Waals surface area contributed by atoms with E-state index < -0.39 is 0 Å². The Morgan fingerprint density at radius 1 is 1.04 bits per heavy atom. The van der Waals surface area contributed by atoms with E-state index in [9.17, 15) is 0 Å². The Morgan fingerprint density at radius 2 is 1.73 bits per heavy atom. The lowest BCUT2D eigenvalue weighted by atomic mass is 9.93. The van der Waals surface area contributed by atoms with Crippen LogP contribution in [0.4, 0.5) is 5.69 Å². The van der Waals surface area contributed by atoms with Gasteiger partial charge in [-0.05, 0) is 64.3 Å². The summed E-state index contributed by atoms with van der Waals surface area (Å²) in [5.74, 6) is 0.998. The summed E-state index contributed by atoms with van der Waals surface area (Å²) in [6.45, 7) is 13.4. The number of ether oxygens (including phenoxy) is 1. The predicted molar refractivity (Wildman–Crippen MR) is 108 cm³/mol. The third-order valence-electron chi connectivity index (χ3n) is 6.25. The second-order valence-corrected chi connectivity index (χ2v) is 8.02. The molecule has 136 valence electrons.